The Morgan fingerprint density at radius 1 is 1.13 bits per heavy atom. The van der Waals surface area contributed by atoms with Crippen molar-refractivity contribution in [2.45, 2.75) is 18.4 Å². The van der Waals surface area contributed by atoms with E-state index in [-0.39, 0.29) is 16.1 Å². The number of benzene rings is 1. The maximum atomic E-state index is 13.0. The number of rotatable bonds is 3. The van der Waals surface area contributed by atoms with Crippen molar-refractivity contribution in [3.05, 3.63) is 64.2 Å². The predicted octanol–water partition coefficient (Wildman–Crippen LogP) is 1.38. The van der Waals surface area contributed by atoms with E-state index in [0.717, 1.165) is 9.54 Å². The predicted molar refractivity (Wildman–Crippen MR) is 86.9 cm³/mol. The molecule has 0 spiro atoms. The van der Waals surface area contributed by atoms with E-state index in [2.05, 4.69) is 0 Å². The standard InChI is InChI=1S/C16H16N2O4S/c1-11-3-5-14(6-4-11)23(21,22)18-13(10-19)9-12-7-8-17(2)16(20)15(12)18/h3-9,19H,10H2,1-2H3. The van der Waals surface area contributed by atoms with Gasteiger partial charge in [0.15, 0.2) is 0 Å². The summed E-state index contributed by atoms with van der Waals surface area (Å²) in [6.45, 7) is 1.37. The van der Waals surface area contributed by atoms with Gasteiger partial charge in [0.05, 0.1) is 17.2 Å². The number of aromatic nitrogens is 2. The summed E-state index contributed by atoms with van der Waals surface area (Å²) >= 11 is 0. The Balaban J connectivity index is 2.40. The Kier molecular flexibility index (Phi) is 3.62. The van der Waals surface area contributed by atoms with Crippen molar-refractivity contribution in [2.75, 3.05) is 0 Å². The first-order valence-corrected chi connectivity index (χ1v) is 8.43. The van der Waals surface area contributed by atoms with Gasteiger partial charge in [0.1, 0.15) is 5.52 Å². The van der Waals surface area contributed by atoms with Gasteiger partial charge in [-0.05, 0) is 31.2 Å². The first-order chi connectivity index (χ1) is 10.9. The van der Waals surface area contributed by atoms with Crippen molar-refractivity contribution in [2.24, 2.45) is 7.05 Å². The van der Waals surface area contributed by atoms with Crippen LogP contribution >= 0.6 is 0 Å². The highest BCUT2D eigenvalue weighted by atomic mass is 32.2. The second kappa shape index (κ2) is 5.36. The third-order valence-electron chi connectivity index (χ3n) is 3.78. The summed E-state index contributed by atoms with van der Waals surface area (Å²) in [5.41, 5.74) is 0.695. The molecule has 0 unspecified atom stereocenters. The third-order valence-corrected chi connectivity index (χ3v) is 5.55. The zero-order chi connectivity index (χ0) is 16.8. The van der Waals surface area contributed by atoms with Crippen LogP contribution in [0.4, 0.5) is 0 Å². The molecule has 7 heteroatoms. The van der Waals surface area contributed by atoms with Crippen LogP contribution in [0.2, 0.25) is 0 Å². The molecule has 3 aromatic rings. The molecule has 3 rings (SSSR count). The summed E-state index contributed by atoms with van der Waals surface area (Å²) in [4.78, 5) is 12.5. The Hall–Kier alpha value is -2.38. The van der Waals surface area contributed by atoms with Crippen molar-refractivity contribution in [3.63, 3.8) is 0 Å². The van der Waals surface area contributed by atoms with Gasteiger partial charge in [0.2, 0.25) is 0 Å². The average molecular weight is 332 g/mol. The lowest BCUT2D eigenvalue weighted by Gasteiger charge is -2.11. The van der Waals surface area contributed by atoms with Gasteiger partial charge in [-0.3, -0.25) is 4.79 Å². The Bertz CT molecular complexity index is 1040. The first kappa shape index (κ1) is 15.5. The highest BCUT2D eigenvalue weighted by Gasteiger charge is 2.24. The third kappa shape index (κ3) is 2.38. The smallest absolute Gasteiger partial charge is 0.275 e. The topological polar surface area (TPSA) is 81.3 Å². The first-order valence-electron chi connectivity index (χ1n) is 6.99. The highest BCUT2D eigenvalue weighted by molar-refractivity contribution is 7.90. The van der Waals surface area contributed by atoms with Gasteiger partial charge in [0, 0.05) is 18.6 Å². The van der Waals surface area contributed by atoms with Crippen LogP contribution in [0.3, 0.4) is 0 Å². The van der Waals surface area contributed by atoms with E-state index in [1.54, 1.807) is 31.4 Å². The zero-order valence-electron chi connectivity index (χ0n) is 12.7. The van der Waals surface area contributed by atoms with Gasteiger partial charge >= 0.3 is 0 Å². The fourth-order valence-corrected chi connectivity index (χ4v) is 4.07. The van der Waals surface area contributed by atoms with Crippen molar-refractivity contribution < 1.29 is 13.5 Å². The SMILES string of the molecule is Cc1ccc(S(=O)(=O)n2c(CO)cc3ccn(C)c(=O)c32)cc1. The fourth-order valence-electron chi connectivity index (χ4n) is 2.53. The molecule has 0 aliphatic rings. The number of fused-ring (bicyclic) bond motifs is 1. The monoisotopic (exact) mass is 332 g/mol. The highest BCUT2D eigenvalue weighted by Crippen LogP contribution is 2.24. The Morgan fingerprint density at radius 2 is 1.78 bits per heavy atom. The van der Waals surface area contributed by atoms with E-state index < -0.39 is 22.2 Å². The summed E-state index contributed by atoms with van der Waals surface area (Å²) in [5, 5.41) is 10.0. The number of hydrogen-bond acceptors (Lipinski definition) is 4. The zero-order valence-corrected chi connectivity index (χ0v) is 13.5. The molecule has 6 nitrogen and oxygen atoms in total. The molecule has 0 atom stereocenters. The number of nitrogens with zero attached hydrogens (tertiary/aromatic N) is 2. The van der Waals surface area contributed by atoms with Crippen LogP contribution in [0.25, 0.3) is 10.9 Å². The number of pyridine rings is 1. The maximum absolute atomic E-state index is 13.0. The van der Waals surface area contributed by atoms with Crippen molar-refractivity contribution in [3.8, 4) is 0 Å². The van der Waals surface area contributed by atoms with E-state index in [0.29, 0.717) is 5.39 Å². The van der Waals surface area contributed by atoms with Crippen molar-refractivity contribution in [1.29, 1.82) is 0 Å². The van der Waals surface area contributed by atoms with Crippen LogP contribution in [0.15, 0.2) is 52.3 Å². The molecule has 0 amide bonds. The lowest BCUT2D eigenvalue weighted by Crippen LogP contribution is -2.23. The van der Waals surface area contributed by atoms with Gasteiger partial charge in [-0.15, -0.1) is 0 Å². The van der Waals surface area contributed by atoms with E-state index in [4.69, 9.17) is 0 Å². The number of aliphatic hydroxyl groups is 1. The molecule has 0 aliphatic carbocycles. The fraction of sp³-hybridized carbons (Fsp3) is 0.188. The molecule has 0 bridgehead atoms. The minimum atomic E-state index is -3.98. The summed E-state index contributed by atoms with van der Waals surface area (Å²) in [5.74, 6) is 0. The minimum Gasteiger partial charge on any atom is -0.390 e. The maximum Gasteiger partial charge on any atom is 0.275 e. The molecule has 120 valence electrons. The second-order valence-corrected chi connectivity index (χ2v) is 7.20. The van der Waals surface area contributed by atoms with Gasteiger partial charge in [-0.2, -0.15) is 0 Å². The van der Waals surface area contributed by atoms with Crippen molar-refractivity contribution >= 4 is 20.9 Å². The summed E-state index contributed by atoms with van der Waals surface area (Å²) in [6, 6.07) is 9.53. The van der Waals surface area contributed by atoms with Crippen LogP contribution < -0.4 is 5.56 Å². The van der Waals surface area contributed by atoms with Crippen LogP contribution in [-0.2, 0) is 23.7 Å². The largest absolute Gasteiger partial charge is 0.390 e. The molecule has 1 N–H and O–H groups in total. The van der Waals surface area contributed by atoms with Crippen LogP contribution in [0.5, 0.6) is 0 Å². The Labute approximate surface area is 133 Å². The summed E-state index contributed by atoms with van der Waals surface area (Å²) < 4.78 is 28.2. The normalized spacial score (nSPS) is 12.0. The molecule has 0 aliphatic heterocycles. The van der Waals surface area contributed by atoms with E-state index in [1.165, 1.54) is 22.8 Å². The van der Waals surface area contributed by atoms with Gasteiger partial charge in [0.25, 0.3) is 15.6 Å². The number of aliphatic hydroxyl groups excluding tert-OH is 1. The van der Waals surface area contributed by atoms with Crippen LogP contribution in [0, 0.1) is 6.92 Å². The number of hydrogen-bond donors (Lipinski definition) is 1. The summed E-state index contributed by atoms with van der Waals surface area (Å²) in [6.07, 6.45) is 1.56. The number of aryl methyl sites for hydroxylation is 2. The molecular formula is C16H16N2O4S. The van der Waals surface area contributed by atoms with Crippen LogP contribution in [-0.4, -0.2) is 22.1 Å². The molecular weight excluding hydrogens is 316 g/mol. The molecule has 1 aromatic carbocycles. The van der Waals surface area contributed by atoms with Gasteiger partial charge in [-0.25, -0.2) is 12.4 Å². The van der Waals surface area contributed by atoms with E-state index >= 15 is 0 Å². The van der Waals surface area contributed by atoms with Gasteiger partial charge < -0.3 is 9.67 Å². The molecule has 0 saturated heterocycles. The second-order valence-electron chi connectivity index (χ2n) is 5.41. The molecule has 2 heterocycles. The quantitative estimate of drug-likeness (QED) is 0.785. The minimum absolute atomic E-state index is 0.0413. The van der Waals surface area contributed by atoms with Gasteiger partial charge in [-0.1, -0.05) is 17.7 Å². The van der Waals surface area contributed by atoms with E-state index in [9.17, 15) is 18.3 Å². The molecule has 23 heavy (non-hydrogen) atoms. The molecule has 0 saturated carbocycles. The van der Waals surface area contributed by atoms with Crippen LogP contribution in [0.1, 0.15) is 11.3 Å². The summed E-state index contributed by atoms with van der Waals surface area (Å²) in [7, 11) is -2.43. The lowest BCUT2D eigenvalue weighted by molar-refractivity contribution is 0.276. The van der Waals surface area contributed by atoms with E-state index in [1.807, 2.05) is 6.92 Å². The average Bonchev–Trinajstić information content (AvgIpc) is 2.91. The molecule has 2 aromatic heterocycles. The molecule has 0 fully saturated rings. The Morgan fingerprint density at radius 3 is 2.39 bits per heavy atom. The van der Waals surface area contributed by atoms with Crippen molar-refractivity contribution in [1.82, 2.24) is 8.54 Å². The lowest BCUT2D eigenvalue weighted by atomic mass is 10.2. The molecule has 0 radical (unpaired) electrons.